The van der Waals surface area contributed by atoms with Crippen molar-refractivity contribution in [1.82, 2.24) is 35.3 Å². The SMILES string of the molecule is CC(C)(C)C(=O)CCCOCCn1cc(C(C)(C)C)nn1.CC(C)(C)NC(=O)CCOCCn1cc(C(C)(C)C)nn1. The highest BCUT2D eigenvalue weighted by molar-refractivity contribution is 5.83. The summed E-state index contributed by atoms with van der Waals surface area (Å²) in [4.78, 5) is 23.3. The summed E-state index contributed by atoms with van der Waals surface area (Å²) in [5.74, 6) is 0.301. The van der Waals surface area contributed by atoms with E-state index in [2.05, 4.69) is 67.5 Å². The summed E-state index contributed by atoms with van der Waals surface area (Å²) < 4.78 is 14.6. The van der Waals surface area contributed by atoms with Crippen LogP contribution in [0.4, 0.5) is 0 Å². The molecule has 1 N–H and O–H groups in total. The number of nitrogens with zero attached hydrogens (tertiary/aromatic N) is 6. The molecular weight excluding hydrogens is 534 g/mol. The van der Waals surface area contributed by atoms with E-state index in [1.165, 1.54) is 0 Å². The number of rotatable bonds is 13. The van der Waals surface area contributed by atoms with Gasteiger partial charge in [-0.2, -0.15) is 0 Å². The maximum absolute atomic E-state index is 11.7. The second kappa shape index (κ2) is 16.3. The number of carbonyl (C=O) groups excluding carboxylic acids is 2. The lowest BCUT2D eigenvalue weighted by atomic mass is 9.88. The Bertz CT molecular complexity index is 1080. The summed E-state index contributed by atoms with van der Waals surface area (Å²) in [6, 6.07) is 0. The molecule has 2 rings (SSSR count). The molecule has 0 aromatic carbocycles. The minimum Gasteiger partial charge on any atom is -0.380 e. The van der Waals surface area contributed by atoms with Gasteiger partial charge in [0.2, 0.25) is 5.91 Å². The maximum atomic E-state index is 11.7. The maximum Gasteiger partial charge on any atom is 0.222 e. The van der Waals surface area contributed by atoms with Crippen molar-refractivity contribution >= 4 is 11.7 Å². The Hall–Kier alpha value is -2.66. The first-order valence-corrected chi connectivity index (χ1v) is 15.0. The number of hydrogen-bond donors (Lipinski definition) is 1. The Balaban J connectivity index is 0.000000420. The van der Waals surface area contributed by atoms with E-state index in [-0.39, 0.29) is 33.5 Å². The van der Waals surface area contributed by atoms with Gasteiger partial charge in [-0.15, -0.1) is 10.2 Å². The molecule has 240 valence electrons. The lowest BCUT2D eigenvalue weighted by molar-refractivity contribution is -0.126. The molecule has 0 radical (unpaired) electrons. The lowest BCUT2D eigenvalue weighted by Gasteiger charge is -2.20. The molecule has 0 aliphatic rings. The van der Waals surface area contributed by atoms with E-state index in [1.807, 2.05) is 53.9 Å². The summed E-state index contributed by atoms with van der Waals surface area (Å²) >= 11 is 0. The summed E-state index contributed by atoms with van der Waals surface area (Å²) in [6.07, 6.45) is 5.64. The molecule has 1 amide bonds. The van der Waals surface area contributed by atoms with E-state index < -0.39 is 0 Å². The summed E-state index contributed by atoms with van der Waals surface area (Å²) in [5, 5.41) is 19.4. The van der Waals surface area contributed by atoms with Gasteiger partial charge < -0.3 is 14.8 Å². The minimum absolute atomic E-state index is 0.00412. The van der Waals surface area contributed by atoms with Crippen LogP contribution in [0.5, 0.6) is 0 Å². The molecule has 11 nitrogen and oxygen atoms in total. The highest BCUT2D eigenvalue weighted by Crippen LogP contribution is 2.20. The summed E-state index contributed by atoms with van der Waals surface area (Å²) in [5.41, 5.74) is 1.53. The van der Waals surface area contributed by atoms with Gasteiger partial charge >= 0.3 is 0 Å². The molecule has 42 heavy (non-hydrogen) atoms. The zero-order chi connectivity index (χ0) is 32.2. The minimum atomic E-state index is -0.246. The van der Waals surface area contributed by atoms with Crippen molar-refractivity contribution in [3.8, 4) is 0 Å². The lowest BCUT2D eigenvalue weighted by Crippen LogP contribution is -2.40. The van der Waals surface area contributed by atoms with Crippen LogP contribution in [0.15, 0.2) is 12.4 Å². The van der Waals surface area contributed by atoms with Crippen LogP contribution in [0.2, 0.25) is 0 Å². The fraction of sp³-hybridized carbons (Fsp3) is 0.806. The van der Waals surface area contributed by atoms with E-state index in [0.29, 0.717) is 52.4 Å². The van der Waals surface area contributed by atoms with E-state index in [4.69, 9.17) is 9.47 Å². The number of amides is 1. The monoisotopic (exact) mass is 591 g/mol. The van der Waals surface area contributed by atoms with Crippen LogP contribution in [0.3, 0.4) is 0 Å². The van der Waals surface area contributed by atoms with Gasteiger partial charge in [-0.3, -0.25) is 9.59 Å². The van der Waals surface area contributed by atoms with E-state index >= 15 is 0 Å². The van der Waals surface area contributed by atoms with Crippen LogP contribution in [0.25, 0.3) is 0 Å². The highest BCUT2D eigenvalue weighted by atomic mass is 16.5. The molecule has 0 atom stereocenters. The number of aromatic nitrogens is 6. The van der Waals surface area contributed by atoms with Crippen molar-refractivity contribution in [2.45, 2.75) is 132 Å². The van der Waals surface area contributed by atoms with Crippen molar-refractivity contribution in [3.63, 3.8) is 0 Å². The van der Waals surface area contributed by atoms with E-state index in [9.17, 15) is 9.59 Å². The molecule has 0 saturated heterocycles. The van der Waals surface area contributed by atoms with E-state index in [0.717, 1.165) is 17.8 Å². The Kier molecular flexibility index (Phi) is 14.5. The van der Waals surface area contributed by atoms with Gasteiger partial charge in [0.05, 0.1) is 44.3 Å². The predicted octanol–water partition coefficient (Wildman–Crippen LogP) is 4.88. The molecule has 0 spiro atoms. The van der Waals surface area contributed by atoms with Gasteiger partial charge in [0.15, 0.2) is 0 Å². The zero-order valence-corrected chi connectivity index (χ0v) is 28.3. The molecule has 0 unspecified atom stereocenters. The zero-order valence-electron chi connectivity index (χ0n) is 28.3. The summed E-state index contributed by atoms with van der Waals surface area (Å²) in [7, 11) is 0. The van der Waals surface area contributed by atoms with Crippen molar-refractivity contribution < 1.29 is 19.1 Å². The predicted molar refractivity (Wildman–Crippen MR) is 165 cm³/mol. The molecule has 11 heteroatoms. The van der Waals surface area contributed by atoms with Gasteiger partial charge in [0, 0.05) is 53.6 Å². The Morgan fingerprint density at radius 3 is 1.52 bits per heavy atom. The van der Waals surface area contributed by atoms with Gasteiger partial charge in [-0.1, -0.05) is 72.7 Å². The number of ether oxygens (including phenoxy) is 2. The second-order valence-electron chi connectivity index (χ2n) is 14.8. The molecular formula is C31H57N7O4. The Morgan fingerprint density at radius 1 is 0.690 bits per heavy atom. The van der Waals surface area contributed by atoms with E-state index in [1.54, 1.807) is 9.36 Å². The standard InChI is InChI=1S/C16H29N3O2.C15H28N4O2/c1-15(2,3)13-12-19(18-17-13)9-11-21-10-7-8-14(20)16(4,5)6;1-14(2,3)12-11-19(18-17-12)8-10-21-9-7-13(20)16-15(4,5)6/h12H,7-11H2,1-6H3;11H,7-10H2,1-6H3,(H,16,20). The van der Waals surface area contributed by atoms with Gasteiger partial charge in [-0.25, -0.2) is 9.36 Å². The van der Waals surface area contributed by atoms with Crippen LogP contribution < -0.4 is 5.32 Å². The van der Waals surface area contributed by atoms with Crippen molar-refractivity contribution in [2.75, 3.05) is 26.4 Å². The van der Waals surface area contributed by atoms with Gasteiger partial charge in [0.25, 0.3) is 0 Å². The molecule has 0 saturated carbocycles. The molecule has 2 heterocycles. The first kappa shape index (κ1) is 37.4. The quantitative estimate of drug-likeness (QED) is 0.327. The fourth-order valence-corrected chi connectivity index (χ4v) is 3.38. The van der Waals surface area contributed by atoms with Crippen LogP contribution in [0.1, 0.15) is 114 Å². The molecule has 0 fully saturated rings. The molecule has 0 aliphatic heterocycles. The Labute approximate surface area is 253 Å². The molecule has 2 aromatic heterocycles. The van der Waals surface area contributed by atoms with Crippen LogP contribution in [-0.2, 0) is 43.0 Å². The fourth-order valence-electron chi connectivity index (χ4n) is 3.38. The smallest absolute Gasteiger partial charge is 0.222 e. The largest absolute Gasteiger partial charge is 0.380 e. The molecule has 0 bridgehead atoms. The highest BCUT2D eigenvalue weighted by Gasteiger charge is 2.20. The average molecular weight is 592 g/mol. The first-order chi connectivity index (χ1) is 19.2. The normalized spacial score (nSPS) is 12.6. The number of ketones is 1. The van der Waals surface area contributed by atoms with Crippen LogP contribution >= 0.6 is 0 Å². The third-order valence-corrected chi connectivity index (χ3v) is 6.06. The number of carbonyl (C=O) groups is 2. The van der Waals surface area contributed by atoms with Crippen LogP contribution in [-0.4, -0.2) is 73.6 Å². The third-order valence-electron chi connectivity index (χ3n) is 6.06. The molecule has 0 aliphatic carbocycles. The number of nitrogens with one attached hydrogen (secondary N) is 1. The number of hydrogen-bond acceptors (Lipinski definition) is 8. The van der Waals surface area contributed by atoms with Crippen molar-refractivity contribution in [3.05, 3.63) is 23.8 Å². The Morgan fingerprint density at radius 2 is 1.14 bits per heavy atom. The first-order valence-electron chi connectivity index (χ1n) is 15.0. The molecule has 2 aromatic rings. The van der Waals surface area contributed by atoms with Crippen molar-refractivity contribution in [2.24, 2.45) is 5.41 Å². The van der Waals surface area contributed by atoms with Gasteiger partial charge in [-0.05, 0) is 27.2 Å². The summed E-state index contributed by atoms with van der Waals surface area (Å²) in [6.45, 7) is 27.9. The van der Waals surface area contributed by atoms with Crippen LogP contribution in [0, 0.1) is 5.41 Å². The topological polar surface area (TPSA) is 126 Å². The second-order valence-corrected chi connectivity index (χ2v) is 14.8. The third kappa shape index (κ3) is 16.1. The average Bonchev–Trinajstić information content (AvgIpc) is 3.49. The van der Waals surface area contributed by atoms with Crippen molar-refractivity contribution in [1.29, 1.82) is 0 Å². The van der Waals surface area contributed by atoms with Gasteiger partial charge in [0.1, 0.15) is 5.78 Å². The number of Topliss-reactive ketones (excluding diaryl/α,β-unsaturated/α-hetero) is 1.